The first-order chi connectivity index (χ1) is 5.42. The highest BCUT2D eigenvalue weighted by molar-refractivity contribution is 5.21. The predicted molar refractivity (Wildman–Crippen MR) is 48.3 cm³/mol. The molecule has 11 heavy (non-hydrogen) atoms. The summed E-state index contributed by atoms with van der Waals surface area (Å²) in [6.45, 7) is 3.80. The summed E-state index contributed by atoms with van der Waals surface area (Å²) in [5, 5.41) is 0. The lowest BCUT2D eigenvalue weighted by molar-refractivity contribution is 0.244. The van der Waals surface area contributed by atoms with Crippen LogP contribution in [0.4, 0.5) is 0 Å². The van der Waals surface area contributed by atoms with Crippen LogP contribution in [0.15, 0.2) is 24.3 Å². The highest BCUT2D eigenvalue weighted by Gasteiger charge is 2.35. The van der Waals surface area contributed by atoms with Gasteiger partial charge in [-0.25, -0.2) is 0 Å². The number of allylic oxidation sites excluding steroid dienone is 3. The van der Waals surface area contributed by atoms with E-state index in [2.05, 4.69) is 18.7 Å². The summed E-state index contributed by atoms with van der Waals surface area (Å²) < 4.78 is 0. The molecule has 0 nitrogen and oxygen atoms in total. The van der Waals surface area contributed by atoms with Crippen LogP contribution in [0.2, 0.25) is 0 Å². The molecule has 2 rings (SSSR count). The van der Waals surface area contributed by atoms with Crippen molar-refractivity contribution < 1.29 is 0 Å². The van der Waals surface area contributed by atoms with Crippen molar-refractivity contribution in [2.75, 3.05) is 0 Å². The van der Waals surface area contributed by atoms with Gasteiger partial charge in [0.2, 0.25) is 0 Å². The summed E-state index contributed by atoms with van der Waals surface area (Å²) in [6.07, 6.45) is 11.4. The van der Waals surface area contributed by atoms with Gasteiger partial charge in [0, 0.05) is 0 Å². The maximum atomic E-state index is 3.80. The molecule has 0 saturated heterocycles. The molecule has 0 heterocycles. The third-order valence-corrected chi connectivity index (χ3v) is 3.14. The Kier molecular flexibility index (Phi) is 1.85. The molecule has 0 aromatic rings. The van der Waals surface area contributed by atoms with E-state index in [1.807, 2.05) is 0 Å². The van der Waals surface area contributed by atoms with Gasteiger partial charge in [0.05, 0.1) is 0 Å². The van der Waals surface area contributed by atoms with E-state index in [9.17, 15) is 0 Å². The van der Waals surface area contributed by atoms with Crippen molar-refractivity contribution in [1.82, 2.24) is 0 Å². The summed E-state index contributed by atoms with van der Waals surface area (Å²) in [4.78, 5) is 0. The molecule has 0 aromatic carbocycles. The quantitative estimate of drug-likeness (QED) is 0.527. The van der Waals surface area contributed by atoms with Gasteiger partial charge in [-0.1, -0.05) is 17.7 Å². The Balaban J connectivity index is 1.97. The molecule has 0 amide bonds. The highest BCUT2D eigenvalue weighted by Crippen LogP contribution is 2.47. The Labute approximate surface area is 69.0 Å². The van der Waals surface area contributed by atoms with Crippen LogP contribution in [0.1, 0.15) is 32.1 Å². The fourth-order valence-corrected chi connectivity index (χ4v) is 2.48. The normalized spacial score (nSPS) is 35.1. The second kappa shape index (κ2) is 2.84. The van der Waals surface area contributed by atoms with Crippen LogP contribution in [0.5, 0.6) is 0 Å². The second-order valence-electron chi connectivity index (χ2n) is 3.81. The van der Waals surface area contributed by atoms with Crippen LogP contribution >= 0.6 is 0 Å². The minimum absolute atomic E-state index is 0.957. The molecular weight excluding hydrogens is 132 g/mol. The Hall–Kier alpha value is -0.520. The van der Waals surface area contributed by atoms with E-state index < -0.39 is 0 Å². The largest absolute Gasteiger partial charge is 0.103 e. The molecule has 2 aliphatic carbocycles. The van der Waals surface area contributed by atoms with Gasteiger partial charge in [-0.3, -0.25) is 0 Å². The standard InChI is InChI=1S/C11H16/c1-2-5-9-8-10-6-3-4-7-11(9)10/h2,6,9,11H,1,3-5,7-8H2. The Morgan fingerprint density at radius 1 is 1.64 bits per heavy atom. The fourth-order valence-electron chi connectivity index (χ4n) is 2.48. The van der Waals surface area contributed by atoms with Crippen LogP contribution in [0.25, 0.3) is 0 Å². The van der Waals surface area contributed by atoms with E-state index in [4.69, 9.17) is 0 Å². The Bertz CT molecular complexity index is 188. The topological polar surface area (TPSA) is 0 Å². The minimum Gasteiger partial charge on any atom is -0.103 e. The molecule has 60 valence electrons. The monoisotopic (exact) mass is 148 g/mol. The molecule has 0 aromatic heterocycles. The second-order valence-corrected chi connectivity index (χ2v) is 3.81. The van der Waals surface area contributed by atoms with Gasteiger partial charge < -0.3 is 0 Å². The highest BCUT2D eigenvalue weighted by atomic mass is 14.4. The number of rotatable bonds is 2. The van der Waals surface area contributed by atoms with E-state index in [0.717, 1.165) is 11.8 Å². The molecule has 0 heteroatoms. The lowest BCUT2D eigenvalue weighted by Gasteiger charge is -2.42. The maximum absolute atomic E-state index is 3.80. The SMILES string of the molecule is C=CCC1CC2=CCCCC21. The minimum atomic E-state index is 0.957. The van der Waals surface area contributed by atoms with Crippen LogP contribution in [0.3, 0.4) is 0 Å². The Morgan fingerprint density at radius 2 is 2.55 bits per heavy atom. The number of fused-ring (bicyclic) bond motifs is 1. The van der Waals surface area contributed by atoms with E-state index >= 15 is 0 Å². The predicted octanol–water partition coefficient (Wildman–Crippen LogP) is 3.31. The van der Waals surface area contributed by atoms with Gasteiger partial charge in [0.25, 0.3) is 0 Å². The van der Waals surface area contributed by atoms with Crippen molar-refractivity contribution in [2.24, 2.45) is 11.8 Å². The molecule has 0 radical (unpaired) electrons. The first-order valence-electron chi connectivity index (χ1n) is 4.71. The third kappa shape index (κ3) is 1.15. The molecular formula is C11H16. The van der Waals surface area contributed by atoms with E-state index in [-0.39, 0.29) is 0 Å². The van der Waals surface area contributed by atoms with Crippen molar-refractivity contribution in [3.63, 3.8) is 0 Å². The van der Waals surface area contributed by atoms with Crippen molar-refractivity contribution >= 4 is 0 Å². The van der Waals surface area contributed by atoms with Crippen molar-refractivity contribution in [1.29, 1.82) is 0 Å². The molecule has 2 aliphatic rings. The molecule has 1 fully saturated rings. The van der Waals surface area contributed by atoms with Gasteiger partial charge in [0.15, 0.2) is 0 Å². The Morgan fingerprint density at radius 3 is 3.27 bits per heavy atom. The summed E-state index contributed by atoms with van der Waals surface area (Å²) in [5.41, 5.74) is 1.75. The smallest absolute Gasteiger partial charge is 0.0169 e. The van der Waals surface area contributed by atoms with Gasteiger partial charge in [-0.15, -0.1) is 6.58 Å². The first-order valence-corrected chi connectivity index (χ1v) is 4.71. The third-order valence-electron chi connectivity index (χ3n) is 3.14. The fraction of sp³-hybridized carbons (Fsp3) is 0.636. The zero-order chi connectivity index (χ0) is 7.68. The van der Waals surface area contributed by atoms with E-state index in [1.165, 1.54) is 32.1 Å². The molecule has 0 aliphatic heterocycles. The van der Waals surface area contributed by atoms with E-state index in [0.29, 0.717) is 0 Å². The molecule has 0 N–H and O–H groups in total. The van der Waals surface area contributed by atoms with Crippen LogP contribution in [-0.2, 0) is 0 Å². The maximum Gasteiger partial charge on any atom is -0.0169 e. The number of hydrogen-bond acceptors (Lipinski definition) is 0. The van der Waals surface area contributed by atoms with Crippen molar-refractivity contribution in [3.8, 4) is 0 Å². The van der Waals surface area contributed by atoms with Gasteiger partial charge in [-0.05, 0) is 43.9 Å². The number of hydrogen-bond donors (Lipinski definition) is 0. The summed E-state index contributed by atoms with van der Waals surface area (Å²) >= 11 is 0. The average molecular weight is 148 g/mol. The van der Waals surface area contributed by atoms with Gasteiger partial charge in [0.1, 0.15) is 0 Å². The van der Waals surface area contributed by atoms with Crippen LogP contribution < -0.4 is 0 Å². The van der Waals surface area contributed by atoms with Crippen molar-refractivity contribution in [2.45, 2.75) is 32.1 Å². The molecule has 2 unspecified atom stereocenters. The zero-order valence-electron chi connectivity index (χ0n) is 7.05. The van der Waals surface area contributed by atoms with E-state index in [1.54, 1.807) is 5.57 Å². The summed E-state index contributed by atoms with van der Waals surface area (Å²) in [7, 11) is 0. The van der Waals surface area contributed by atoms with Crippen LogP contribution in [-0.4, -0.2) is 0 Å². The zero-order valence-corrected chi connectivity index (χ0v) is 7.05. The molecule has 0 spiro atoms. The lowest BCUT2D eigenvalue weighted by Crippen LogP contribution is -2.30. The summed E-state index contributed by atoms with van der Waals surface area (Å²) in [6, 6.07) is 0. The van der Waals surface area contributed by atoms with Crippen LogP contribution in [0, 0.1) is 11.8 Å². The lowest BCUT2D eigenvalue weighted by atomic mass is 9.63. The van der Waals surface area contributed by atoms with Gasteiger partial charge in [-0.2, -0.15) is 0 Å². The first kappa shape index (κ1) is 7.15. The van der Waals surface area contributed by atoms with Gasteiger partial charge >= 0.3 is 0 Å². The average Bonchev–Trinajstić information content (AvgIpc) is 2.01. The molecule has 2 atom stereocenters. The summed E-state index contributed by atoms with van der Waals surface area (Å²) in [5.74, 6) is 1.92. The molecule has 1 saturated carbocycles. The molecule has 0 bridgehead atoms. The van der Waals surface area contributed by atoms with Crippen molar-refractivity contribution in [3.05, 3.63) is 24.3 Å².